The quantitative estimate of drug-likeness (QED) is 0.779. The summed E-state index contributed by atoms with van der Waals surface area (Å²) in [5.41, 5.74) is 0. The van der Waals surface area contributed by atoms with Crippen molar-refractivity contribution in [1.82, 2.24) is 4.90 Å². The van der Waals surface area contributed by atoms with E-state index in [1.165, 1.54) is 12.1 Å². The Labute approximate surface area is 143 Å². The van der Waals surface area contributed by atoms with Crippen molar-refractivity contribution in [1.29, 1.82) is 0 Å². The molecule has 24 heavy (non-hydrogen) atoms. The molecule has 2 rings (SSSR count). The molecule has 1 saturated heterocycles. The van der Waals surface area contributed by atoms with Gasteiger partial charge in [0, 0.05) is 13.0 Å². The van der Waals surface area contributed by atoms with E-state index in [9.17, 15) is 13.2 Å². The van der Waals surface area contributed by atoms with Crippen molar-refractivity contribution in [2.45, 2.75) is 44.2 Å². The molecule has 1 aromatic carbocycles. The highest BCUT2D eigenvalue weighted by Crippen LogP contribution is 2.19. The maximum absolute atomic E-state index is 12.4. The fraction of sp³-hybridized carbons (Fsp3) is 0.588. The van der Waals surface area contributed by atoms with Gasteiger partial charge in [-0.3, -0.25) is 4.79 Å². The lowest BCUT2D eigenvalue weighted by atomic mass is 10.2. The van der Waals surface area contributed by atoms with Crippen molar-refractivity contribution >= 4 is 15.7 Å². The number of nitrogens with zero attached hydrogens (tertiary/aromatic N) is 1. The molecule has 0 spiro atoms. The number of hydrogen-bond donors (Lipinski definition) is 0. The molecular formula is C17H25NO5S. The van der Waals surface area contributed by atoms with E-state index >= 15 is 0 Å². The number of hydrogen-bond acceptors (Lipinski definition) is 5. The molecule has 1 amide bonds. The minimum atomic E-state index is -3.49. The van der Waals surface area contributed by atoms with Gasteiger partial charge >= 0.3 is 0 Å². The number of sulfone groups is 1. The van der Waals surface area contributed by atoms with Gasteiger partial charge in [0.15, 0.2) is 9.84 Å². The second-order valence-corrected chi connectivity index (χ2v) is 8.33. The van der Waals surface area contributed by atoms with Crippen LogP contribution in [0.5, 0.6) is 5.75 Å². The highest BCUT2D eigenvalue weighted by atomic mass is 32.2. The second-order valence-electron chi connectivity index (χ2n) is 6.22. The number of ether oxygens (including phenoxy) is 2. The van der Waals surface area contributed by atoms with E-state index in [4.69, 9.17) is 9.47 Å². The molecular weight excluding hydrogens is 330 g/mol. The molecule has 1 heterocycles. The van der Waals surface area contributed by atoms with Gasteiger partial charge in [-0.25, -0.2) is 8.42 Å². The molecule has 0 radical (unpaired) electrons. The summed E-state index contributed by atoms with van der Waals surface area (Å²) in [7, 11) is -3.49. The van der Waals surface area contributed by atoms with Gasteiger partial charge in [0.25, 0.3) is 0 Å². The van der Waals surface area contributed by atoms with Crippen LogP contribution in [-0.2, 0) is 19.4 Å². The Morgan fingerprint density at radius 3 is 2.58 bits per heavy atom. The van der Waals surface area contributed by atoms with Crippen LogP contribution in [0.4, 0.5) is 0 Å². The van der Waals surface area contributed by atoms with E-state index in [1.54, 1.807) is 17.0 Å². The van der Waals surface area contributed by atoms with Crippen LogP contribution in [-0.4, -0.2) is 56.9 Å². The van der Waals surface area contributed by atoms with E-state index < -0.39 is 9.84 Å². The molecule has 0 aliphatic carbocycles. The zero-order valence-corrected chi connectivity index (χ0v) is 15.2. The first-order chi connectivity index (χ1) is 11.3. The summed E-state index contributed by atoms with van der Waals surface area (Å²) in [6.45, 7) is 7.22. The lowest BCUT2D eigenvalue weighted by molar-refractivity contribution is -0.138. The largest absolute Gasteiger partial charge is 0.491 e. The van der Waals surface area contributed by atoms with Gasteiger partial charge in [-0.05, 0) is 45.0 Å². The average Bonchev–Trinajstić information content (AvgIpc) is 2.53. The molecule has 0 saturated carbocycles. The first-order valence-electron chi connectivity index (χ1n) is 8.16. The van der Waals surface area contributed by atoms with Crippen LogP contribution in [0.3, 0.4) is 0 Å². The molecule has 7 heteroatoms. The summed E-state index contributed by atoms with van der Waals surface area (Å²) in [6.07, 6.45) is 0.0114. The zero-order valence-electron chi connectivity index (χ0n) is 14.4. The molecule has 1 atom stereocenters. The zero-order chi connectivity index (χ0) is 17.7. The van der Waals surface area contributed by atoms with Crippen LogP contribution < -0.4 is 4.74 Å². The Kier molecular flexibility index (Phi) is 6.23. The monoisotopic (exact) mass is 355 g/mol. The topological polar surface area (TPSA) is 72.9 Å². The smallest absolute Gasteiger partial charge is 0.224 e. The summed E-state index contributed by atoms with van der Waals surface area (Å²) in [5.74, 6) is 0.289. The molecule has 1 unspecified atom stereocenters. The summed E-state index contributed by atoms with van der Waals surface area (Å²) in [5, 5.41) is 0. The van der Waals surface area contributed by atoms with Gasteiger partial charge in [0.1, 0.15) is 5.75 Å². The molecule has 1 fully saturated rings. The fourth-order valence-corrected chi connectivity index (χ4v) is 3.81. The third kappa shape index (κ3) is 4.95. The van der Waals surface area contributed by atoms with Crippen LogP contribution in [0.1, 0.15) is 27.2 Å². The first-order valence-corrected chi connectivity index (χ1v) is 9.81. The highest BCUT2D eigenvalue weighted by molar-refractivity contribution is 7.91. The number of carbonyl (C=O) groups is 1. The van der Waals surface area contributed by atoms with Crippen LogP contribution in [0.25, 0.3) is 0 Å². The maximum Gasteiger partial charge on any atom is 0.224 e. The number of rotatable bonds is 6. The van der Waals surface area contributed by atoms with Crippen molar-refractivity contribution in [3.8, 4) is 5.75 Å². The van der Waals surface area contributed by atoms with Crippen molar-refractivity contribution in [3.05, 3.63) is 24.3 Å². The molecule has 0 N–H and O–H groups in total. The Morgan fingerprint density at radius 2 is 2.00 bits per heavy atom. The molecule has 1 aromatic rings. The Morgan fingerprint density at radius 1 is 1.33 bits per heavy atom. The molecule has 134 valence electrons. The predicted molar refractivity (Wildman–Crippen MR) is 90.9 cm³/mol. The molecule has 1 aliphatic rings. The summed E-state index contributed by atoms with van der Waals surface area (Å²) >= 11 is 0. The van der Waals surface area contributed by atoms with Gasteiger partial charge in [-0.1, -0.05) is 0 Å². The Balaban J connectivity index is 1.96. The van der Waals surface area contributed by atoms with Gasteiger partial charge in [-0.15, -0.1) is 0 Å². The molecule has 1 aliphatic heterocycles. The van der Waals surface area contributed by atoms with Gasteiger partial charge in [-0.2, -0.15) is 0 Å². The third-order valence-electron chi connectivity index (χ3n) is 3.83. The van der Waals surface area contributed by atoms with Crippen molar-refractivity contribution in [3.63, 3.8) is 0 Å². The van der Waals surface area contributed by atoms with Crippen LogP contribution >= 0.6 is 0 Å². The van der Waals surface area contributed by atoms with Crippen molar-refractivity contribution in [2.24, 2.45) is 0 Å². The van der Waals surface area contributed by atoms with Crippen molar-refractivity contribution < 1.29 is 22.7 Å². The standard InChI is InChI=1S/C17H25NO5S/c1-13(2)23-15-4-6-16(7-5-15)24(20,21)11-8-17(19)18-9-10-22-12-14(18)3/h4-7,13-14H,8-12H2,1-3H3. The lowest BCUT2D eigenvalue weighted by Crippen LogP contribution is -2.47. The Hall–Kier alpha value is -1.60. The van der Waals surface area contributed by atoms with Crippen LogP contribution in [0.2, 0.25) is 0 Å². The SMILES string of the molecule is CC(C)Oc1ccc(S(=O)(=O)CCC(=O)N2CCOCC2C)cc1. The third-order valence-corrected chi connectivity index (χ3v) is 5.56. The molecule has 0 aromatic heterocycles. The average molecular weight is 355 g/mol. The minimum Gasteiger partial charge on any atom is -0.491 e. The normalized spacial score (nSPS) is 18.7. The van der Waals surface area contributed by atoms with E-state index in [0.717, 1.165) is 0 Å². The predicted octanol–water partition coefficient (Wildman–Crippen LogP) is 1.88. The van der Waals surface area contributed by atoms with Crippen LogP contribution in [0, 0.1) is 0 Å². The first kappa shape index (κ1) is 18.7. The maximum atomic E-state index is 12.4. The number of amides is 1. The lowest BCUT2D eigenvalue weighted by Gasteiger charge is -2.33. The molecule has 6 nitrogen and oxygen atoms in total. The summed E-state index contributed by atoms with van der Waals surface area (Å²) in [4.78, 5) is 14.2. The van der Waals surface area contributed by atoms with Crippen LogP contribution in [0.15, 0.2) is 29.2 Å². The van der Waals surface area contributed by atoms with E-state index in [1.807, 2.05) is 20.8 Å². The number of morpholine rings is 1. The highest BCUT2D eigenvalue weighted by Gasteiger charge is 2.25. The fourth-order valence-electron chi connectivity index (χ4n) is 2.58. The summed E-state index contributed by atoms with van der Waals surface area (Å²) < 4.78 is 35.6. The van der Waals surface area contributed by atoms with E-state index in [0.29, 0.717) is 25.5 Å². The van der Waals surface area contributed by atoms with Crippen molar-refractivity contribution in [2.75, 3.05) is 25.5 Å². The minimum absolute atomic E-state index is 0.0126. The van der Waals surface area contributed by atoms with Gasteiger partial charge in [0.2, 0.25) is 5.91 Å². The number of carbonyl (C=O) groups excluding carboxylic acids is 1. The number of benzene rings is 1. The second kappa shape index (κ2) is 7.98. The van der Waals surface area contributed by atoms with Gasteiger partial charge < -0.3 is 14.4 Å². The van der Waals surface area contributed by atoms with E-state index in [2.05, 4.69) is 0 Å². The summed E-state index contributed by atoms with van der Waals surface area (Å²) in [6, 6.07) is 6.31. The Bertz CT molecular complexity index is 654. The molecule has 0 bridgehead atoms. The van der Waals surface area contributed by atoms with E-state index in [-0.39, 0.29) is 35.1 Å². The van der Waals surface area contributed by atoms with Gasteiger partial charge in [0.05, 0.1) is 36.0 Å².